The maximum Gasteiger partial charge on any atom is 0.573 e. The van der Waals surface area contributed by atoms with Gasteiger partial charge in [-0.15, -0.1) is 24.5 Å². The second kappa shape index (κ2) is 6.23. The molecule has 0 aliphatic carbocycles. The number of anilines is 1. The molecule has 1 N–H and O–H groups in total. The van der Waals surface area contributed by atoms with E-state index in [1.165, 1.54) is 18.2 Å². The average molecular weight is 381 g/mol. The van der Waals surface area contributed by atoms with Crippen LogP contribution in [0, 0.1) is 13.8 Å². The topological polar surface area (TPSA) is 34.2 Å². The number of hydrogen-bond donors (Lipinski definition) is 1. The molecule has 0 saturated heterocycles. The summed E-state index contributed by atoms with van der Waals surface area (Å²) in [6.45, 7) is 4.46. The van der Waals surface area contributed by atoms with Gasteiger partial charge in [-0.05, 0) is 48.0 Å². The number of nitrogens with zero attached hydrogens (tertiary/aromatic N) is 1. The molecule has 0 fully saturated rings. The van der Waals surface area contributed by atoms with Gasteiger partial charge in [-0.1, -0.05) is 0 Å². The molecular formula is C13H12BrF3N2OS. The summed E-state index contributed by atoms with van der Waals surface area (Å²) in [6, 6.07) is 4.33. The summed E-state index contributed by atoms with van der Waals surface area (Å²) < 4.78 is 40.6. The lowest BCUT2D eigenvalue weighted by Gasteiger charge is -2.12. The van der Waals surface area contributed by atoms with E-state index >= 15 is 0 Å². The third-order valence-electron chi connectivity index (χ3n) is 2.67. The van der Waals surface area contributed by atoms with Gasteiger partial charge in [-0.25, -0.2) is 4.98 Å². The number of halogens is 4. The van der Waals surface area contributed by atoms with Crippen LogP contribution in [0.1, 0.15) is 15.6 Å². The van der Waals surface area contributed by atoms with Crippen LogP contribution < -0.4 is 10.1 Å². The largest absolute Gasteiger partial charge is 0.573 e. The Kier molecular flexibility index (Phi) is 4.77. The number of alkyl halides is 3. The number of aryl methyl sites for hydroxylation is 2. The van der Waals surface area contributed by atoms with Gasteiger partial charge in [0, 0.05) is 10.6 Å². The van der Waals surface area contributed by atoms with Crippen molar-refractivity contribution in [3.63, 3.8) is 0 Å². The van der Waals surface area contributed by atoms with Crippen LogP contribution in [-0.4, -0.2) is 11.3 Å². The number of benzene rings is 1. The predicted octanol–water partition coefficient (Wildman–Crippen LogP) is 5.03. The average Bonchev–Trinajstić information content (AvgIpc) is 2.68. The first-order valence-electron chi connectivity index (χ1n) is 5.96. The molecule has 2 rings (SSSR count). The molecule has 2 aromatic rings. The fraction of sp³-hybridized carbons (Fsp3) is 0.308. The second-order valence-corrected chi connectivity index (χ2v) is 6.44. The smallest absolute Gasteiger partial charge is 0.405 e. The fourth-order valence-corrected chi connectivity index (χ4v) is 2.94. The standard InChI is InChI=1S/C13H12BrF3N2OS/c1-7-8(2)21-12(19-7)6-18-9-3-4-11(10(14)5-9)20-13(15,16)17/h3-5,18H,6H2,1-2H3. The highest BCUT2D eigenvalue weighted by molar-refractivity contribution is 9.10. The van der Waals surface area contributed by atoms with Gasteiger partial charge in [0.2, 0.25) is 0 Å². The molecular weight excluding hydrogens is 369 g/mol. The molecule has 0 radical (unpaired) electrons. The fourth-order valence-electron chi connectivity index (χ4n) is 1.61. The first-order valence-corrected chi connectivity index (χ1v) is 7.57. The van der Waals surface area contributed by atoms with E-state index in [0.717, 1.165) is 15.6 Å². The molecule has 1 aromatic carbocycles. The van der Waals surface area contributed by atoms with Crippen molar-refractivity contribution in [1.82, 2.24) is 4.98 Å². The van der Waals surface area contributed by atoms with Crippen molar-refractivity contribution in [2.24, 2.45) is 0 Å². The van der Waals surface area contributed by atoms with Crippen molar-refractivity contribution in [1.29, 1.82) is 0 Å². The van der Waals surface area contributed by atoms with E-state index in [9.17, 15) is 13.2 Å². The van der Waals surface area contributed by atoms with E-state index in [-0.39, 0.29) is 10.2 Å². The van der Waals surface area contributed by atoms with Crippen LogP contribution in [0.5, 0.6) is 5.75 Å². The van der Waals surface area contributed by atoms with Crippen molar-refractivity contribution in [3.8, 4) is 5.75 Å². The minimum absolute atomic E-state index is 0.233. The van der Waals surface area contributed by atoms with Crippen molar-refractivity contribution >= 4 is 33.0 Å². The maximum absolute atomic E-state index is 12.2. The molecule has 1 aromatic heterocycles. The van der Waals surface area contributed by atoms with Gasteiger partial charge in [-0.2, -0.15) is 0 Å². The van der Waals surface area contributed by atoms with Crippen LogP contribution in [0.4, 0.5) is 18.9 Å². The number of thiazole rings is 1. The molecule has 0 bridgehead atoms. The first-order chi connectivity index (χ1) is 9.74. The molecule has 0 amide bonds. The number of aromatic nitrogens is 1. The zero-order valence-electron chi connectivity index (χ0n) is 11.2. The molecule has 114 valence electrons. The van der Waals surface area contributed by atoms with Crippen LogP contribution in [0.25, 0.3) is 0 Å². The SMILES string of the molecule is Cc1nc(CNc2ccc(OC(F)(F)F)c(Br)c2)sc1C. The summed E-state index contributed by atoms with van der Waals surface area (Å²) in [5.41, 5.74) is 1.67. The number of hydrogen-bond acceptors (Lipinski definition) is 4. The third-order valence-corrected chi connectivity index (χ3v) is 4.37. The molecule has 0 aliphatic rings. The van der Waals surface area contributed by atoms with E-state index in [4.69, 9.17) is 0 Å². The molecule has 0 aliphatic heterocycles. The molecule has 0 spiro atoms. The van der Waals surface area contributed by atoms with Crippen molar-refractivity contribution in [2.75, 3.05) is 5.32 Å². The number of nitrogens with one attached hydrogen (secondary N) is 1. The highest BCUT2D eigenvalue weighted by atomic mass is 79.9. The zero-order valence-corrected chi connectivity index (χ0v) is 13.6. The van der Waals surface area contributed by atoms with E-state index in [0.29, 0.717) is 12.2 Å². The van der Waals surface area contributed by atoms with Crippen LogP contribution in [0.3, 0.4) is 0 Å². The Labute approximate surface area is 132 Å². The van der Waals surface area contributed by atoms with Crippen molar-refractivity contribution < 1.29 is 17.9 Å². The van der Waals surface area contributed by atoms with Crippen molar-refractivity contribution in [2.45, 2.75) is 26.8 Å². The van der Waals surface area contributed by atoms with Crippen LogP contribution >= 0.6 is 27.3 Å². The normalized spacial score (nSPS) is 11.5. The van der Waals surface area contributed by atoms with Gasteiger partial charge in [0.05, 0.1) is 16.7 Å². The maximum atomic E-state index is 12.2. The van der Waals surface area contributed by atoms with Gasteiger partial charge < -0.3 is 10.1 Å². The van der Waals surface area contributed by atoms with Crippen molar-refractivity contribution in [3.05, 3.63) is 38.3 Å². The first kappa shape index (κ1) is 16.1. The Bertz CT molecular complexity index is 623. The van der Waals surface area contributed by atoms with Gasteiger partial charge in [0.15, 0.2) is 0 Å². The molecule has 0 atom stereocenters. The second-order valence-electron chi connectivity index (χ2n) is 4.30. The summed E-state index contributed by atoms with van der Waals surface area (Å²) >= 11 is 4.65. The third kappa shape index (κ3) is 4.60. The summed E-state index contributed by atoms with van der Waals surface area (Å²) in [7, 11) is 0. The minimum atomic E-state index is -4.70. The summed E-state index contributed by atoms with van der Waals surface area (Å²) in [5, 5.41) is 4.04. The summed E-state index contributed by atoms with van der Waals surface area (Å²) in [4.78, 5) is 5.54. The van der Waals surface area contributed by atoms with E-state index in [1.807, 2.05) is 13.8 Å². The van der Waals surface area contributed by atoms with E-state index in [1.54, 1.807) is 11.3 Å². The molecule has 0 unspecified atom stereocenters. The van der Waals surface area contributed by atoms with Crippen LogP contribution in [0.2, 0.25) is 0 Å². The van der Waals surface area contributed by atoms with Gasteiger partial charge in [-0.3, -0.25) is 0 Å². The van der Waals surface area contributed by atoms with Crippen LogP contribution in [-0.2, 0) is 6.54 Å². The highest BCUT2D eigenvalue weighted by Crippen LogP contribution is 2.32. The Balaban J connectivity index is 2.03. The Hall–Kier alpha value is -1.28. The number of rotatable bonds is 4. The molecule has 3 nitrogen and oxygen atoms in total. The van der Waals surface area contributed by atoms with Gasteiger partial charge in [0.25, 0.3) is 0 Å². The Morgan fingerprint density at radius 2 is 2.05 bits per heavy atom. The Morgan fingerprint density at radius 1 is 1.33 bits per heavy atom. The highest BCUT2D eigenvalue weighted by Gasteiger charge is 2.31. The van der Waals surface area contributed by atoms with Gasteiger partial charge >= 0.3 is 6.36 Å². The summed E-state index contributed by atoms with van der Waals surface area (Å²) in [6.07, 6.45) is -4.70. The predicted molar refractivity (Wildman–Crippen MR) is 79.7 cm³/mol. The van der Waals surface area contributed by atoms with E-state index < -0.39 is 6.36 Å². The lowest BCUT2D eigenvalue weighted by atomic mass is 10.3. The molecule has 1 heterocycles. The monoisotopic (exact) mass is 380 g/mol. The molecule has 0 saturated carbocycles. The molecule has 21 heavy (non-hydrogen) atoms. The minimum Gasteiger partial charge on any atom is -0.405 e. The lowest BCUT2D eigenvalue weighted by molar-refractivity contribution is -0.274. The zero-order chi connectivity index (χ0) is 15.6. The van der Waals surface area contributed by atoms with E-state index in [2.05, 4.69) is 31.0 Å². The Morgan fingerprint density at radius 3 is 2.57 bits per heavy atom. The quantitative estimate of drug-likeness (QED) is 0.807. The number of ether oxygens (including phenoxy) is 1. The summed E-state index contributed by atoms with van der Waals surface area (Å²) in [5.74, 6) is -0.269. The van der Waals surface area contributed by atoms with Gasteiger partial charge in [0.1, 0.15) is 10.8 Å². The van der Waals surface area contributed by atoms with Crippen LogP contribution in [0.15, 0.2) is 22.7 Å². The lowest BCUT2D eigenvalue weighted by Crippen LogP contribution is -2.17. The molecule has 8 heteroatoms.